The first-order valence-corrected chi connectivity index (χ1v) is 10.9. The molecule has 25 heavy (non-hydrogen) atoms. The molecule has 4 N–H and O–H groups in total. The highest BCUT2D eigenvalue weighted by Crippen LogP contribution is 2.33. The number of aliphatic hydroxyl groups is 1. The molecule has 0 aliphatic rings. The largest absolute Gasteiger partial charge is 0.389 e. The van der Waals surface area contributed by atoms with Gasteiger partial charge in [0.1, 0.15) is 5.03 Å². The summed E-state index contributed by atoms with van der Waals surface area (Å²) < 4.78 is 12.5. The average molecular weight is 445 g/mol. The van der Waals surface area contributed by atoms with E-state index >= 15 is 0 Å². The van der Waals surface area contributed by atoms with Gasteiger partial charge in [-0.05, 0) is 59.9 Å². The molecule has 136 valence electrons. The van der Waals surface area contributed by atoms with Gasteiger partial charge in [0.25, 0.3) is 0 Å². The van der Waals surface area contributed by atoms with Crippen molar-refractivity contribution in [3.8, 4) is 0 Å². The Labute approximate surface area is 160 Å². The summed E-state index contributed by atoms with van der Waals surface area (Å²) in [5, 5.41) is 19.4. The third-order valence-corrected chi connectivity index (χ3v) is 6.88. The Balaban J connectivity index is 2.19. The predicted molar refractivity (Wildman–Crippen MR) is 109 cm³/mol. The van der Waals surface area contributed by atoms with Gasteiger partial charge in [-0.15, -0.1) is 0 Å². The first kappa shape index (κ1) is 20.2. The van der Waals surface area contributed by atoms with Crippen molar-refractivity contribution in [1.82, 2.24) is 9.97 Å². The quantitative estimate of drug-likeness (QED) is 0.359. The summed E-state index contributed by atoms with van der Waals surface area (Å²) in [4.78, 5) is 9.19. The molecule has 2 unspecified atom stereocenters. The van der Waals surface area contributed by atoms with Crippen LogP contribution in [0.25, 0.3) is 0 Å². The molecule has 2 aromatic rings. The van der Waals surface area contributed by atoms with Gasteiger partial charge in [-0.1, -0.05) is 18.7 Å². The van der Waals surface area contributed by atoms with E-state index in [0.717, 1.165) is 15.2 Å². The number of nitrogens with two attached hydrogens (primary N) is 1. The lowest BCUT2D eigenvalue weighted by Crippen LogP contribution is -2.30. The van der Waals surface area contributed by atoms with Crippen LogP contribution < -0.4 is 10.5 Å². The third kappa shape index (κ3) is 5.68. The lowest BCUT2D eigenvalue weighted by Gasteiger charge is -2.25. The zero-order chi connectivity index (χ0) is 18.8. The van der Waals surface area contributed by atoms with Gasteiger partial charge < -0.3 is 10.4 Å². The van der Waals surface area contributed by atoms with Crippen LogP contribution in [0, 0.1) is 0 Å². The summed E-state index contributed by atoms with van der Waals surface area (Å²) in [5.41, 5.74) is -0.0941. The molecule has 1 aromatic heterocycles. The minimum atomic E-state index is -2.72. The Kier molecular flexibility index (Phi) is 6.16. The Morgan fingerprint density at radius 2 is 2.00 bits per heavy atom. The SMILES string of the molecule is C=S(N)(=O)c1ccc(Nc2ncc(Br)c(SC(C)C(C)(C)O)n2)cc1. The van der Waals surface area contributed by atoms with Crippen LogP contribution in [0.2, 0.25) is 0 Å². The van der Waals surface area contributed by atoms with Crippen LogP contribution in [0.15, 0.2) is 44.9 Å². The molecule has 0 bridgehead atoms. The number of halogens is 1. The van der Waals surface area contributed by atoms with E-state index in [-0.39, 0.29) is 5.25 Å². The number of anilines is 2. The maximum Gasteiger partial charge on any atom is 0.228 e. The van der Waals surface area contributed by atoms with Gasteiger partial charge in [0.15, 0.2) is 0 Å². The molecule has 0 aliphatic heterocycles. The second-order valence-corrected chi connectivity index (χ2v) is 10.2. The highest BCUT2D eigenvalue weighted by Gasteiger charge is 2.24. The molecule has 1 heterocycles. The lowest BCUT2D eigenvalue weighted by molar-refractivity contribution is 0.0823. The molecule has 0 spiro atoms. The summed E-state index contributed by atoms with van der Waals surface area (Å²) in [6.07, 6.45) is 1.66. The van der Waals surface area contributed by atoms with Crippen molar-refractivity contribution in [2.45, 2.75) is 41.5 Å². The molecule has 0 saturated carbocycles. The molecule has 0 aliphatic carbocycles. The number of hydrogen-bond acceptors (Lipinski definition) is 6. The first-order chi connectivity index (χ1) is 11.5. The van der Waals surface area contributed by atoms with Crippen molar-refractivity contribution in [2.24, 2.45) is 5.14 Å². The van der Waals surface area contributed by atoms with Crippen LogP contribution in [0.4, 0.5) is 11.6 Å². The van der Waals surface area contributed by atoms with E-state index in [1.54, 1.807) is 44.3 Å². The summed E-state index contributed by atoms with van der Waals surface area (Å²) in [6.45, 7) is 5.46. The maximum atomic E-state index is 11.7. The second kappa shape index (κ2) is 7.63. The van der Waals surface area contributed by atoms with Crippen molar-refractivity contribution in [1.29, 1.82) is 0 Å². The average Bonchev–Trinajstić information content (AvgIpc) is 2.49. The zero-order valence-corrected chi connectivity index (χ0v) is 17.4. The fraction of sp³-hybridized carbons (Fsp3) is 0.312. The molecular formula is C16H21BrN4O2S2. The molecule has 0 saturated heterocycles. The molecule has 6 nitrogen and oxygen atoms in total. The van der Waals surface area contributed by atoms with E-state index in [9.17, 15) is 9.32 Å². The molecule has 0 amide bonds. The summed E-state index contributed by atoms with van der Waals surface area (Å²) >= 11 is 4.89. The third-order valence-electron chi connectivity index (χ3n) is 3.50. The van der Waals surface area contributed by atoms with E-state index in [1.807, 2.05) is 6.92 Å². The fourth-order valence-corrected chi connectivity index (χ4v) is 3.70. The first-order valence-electron chi connectivity index (χ1n) is 7.40. The van der Waals surface area contributed by atoms with Crippen LogP contribution in [-0.4, -0.2) is 36.0 Å². The monoisotopic (exact) mass is 444 g/mol. The van der Waals surface area contributed by atoms with Gasteiger partial charge >= 0.3 is 0 Å². The fourth-order valence-electron chi connectivity index (χ4n) is 1.70. The summed E-state index contributed by atoms with van der Waals surface area (Å²) in [5.74, 6) is 3.88. The normalized spacial score (nSPS) is 15.4. The second-order valence-electron chi connectivity index (χ2n) is 6.14. The molecule has 0 radical (unpaired) electrons. The smallest absolute Gasteiger partial charge is 0.228 e. The molecule has 1 aromatic carbocycles. The molecule has 0 fully saturated rings. The van der Waals surface area contributed by atoms with Gasteiger partial charge in [-0.25, -0.2) is 14.2 Å². The van der Waals surface area contributed by atoms with Crippen LogP contribution in [0.1, 0.15) is 20.8 Å². The van der Waals surface area contributed by atoms with Gasteiger partial charge in [-0.2, -0.15) is 0 Å². The van der Waals surface area contributed by atoms with E-state index < -0.39 is 15.3 Å². The van der Waals surface area contributed by atoms with E-state index in [0.29, 0.717) is 10.8 Å². The van der Waals surface area contributed by atoms with E-state index in [1.165, 1.54) is 11.8 Å². The molecule has 2 atom stereocenters. The molecular weight excluding hydrogens is 424 g/mol. The van der Waals surface area contributed by atoms with Crippen LogP contribution in [-0.2, 0) is 9.71 Å². The highest BCUT2D eigenvalue weighted by molar-refractivity contribution is 9.10. The van der Waals surface area contributed by atoms with Crippen molar-refractivity contribution >= 4 is 54.9 Å². The standard InChI is InChI=1S/C16H21BrN4O2S2/c1-10(16(2,3)22)24-14-13(17)9-19-15(21-14)20-11-5-7-12(8-6-11)25(4,18)23/h5-10,22H,4H2,1-3H3,(H2,18,23)(H,19,20,21). The Morgan fingerprint density at radius 3 is 2.52 bits per heavy atom. The number of aromatic nitrogens is 2. The summed E-state index contributed by atoms with van der Waals surface area (Å²) in [6, 6.07) is 6.79. The molecule has 9 heteroatoms. The zero-order valence-electron chi connectivity index (χ0n) is 14.2. The van der Waals surface area contributed by atoms with E-state index in [4.69, 9.17) is 5.14 Å². The van der Waals surface area contributed by atoms with Gasteiger partial charge in [0, 0.05) is 22.0 Å². The number of nitrogens with one attached hydrogen (secondary N) is 1. The van der Waals surface area contributed by atoms with Crippen molar-refractivity contribution in [3.05, 3.63) is 34.9 Å². The Morgan fingerprint density at radius 1 is 1.40 bits per heavy atom. The number of benzene rings is 1. The minimum absolute atomic E-state index is 0.0550. The van der Waals surface area contributed by atoms with Crippen molar-refractivity contribution < 1.29 is 9.32 Å². The van der Waals surface area contributed by atoms with Crippen LogP contribution in [0.3, 0.4) is 0 Å². The number of rotatable bonds is 6. The van der Waals surface area contributed by atoms with Gasteiger partial charge in [0.05, 0.1) is 19.8 Å². The maximum absolute atomic E-state index is 11.7. The van der Waals surface area contributed by atoms with Crippen LogP contribution >= 0.6 is 27.7 Å². The number of thioether (sulfide) groups is 1. The van der Waals surface area contributed by atoms with Crippen molar-refractivity contribution in [3.63, 3.8) is 0 Å². The number of hydrogen-bond donors (Lipinski definition) is 3. The minimum Gasteiger partial charge on any atom is -0.389 e. The van der Waals surface area contributed by atoms with Gasteiger partial charge in [0.2, 0.25) is 5.95 Å². The van der Waals surface area contributed by atoms with Crippen molar-refractivity contribution in [2.75, 3.05) is 5.32 Å². The van der Waals surface area contributed by atoms with Gasteiger partial charge in [-0.3, -0.25) is 5.14 Å². The number of nitrogens with zero attached hydrogens (tertiary/aromatic N) is 2. The Hall–Kier alpha value is -1.13. The Bertz CT molecular complexity index is 849. The van der Waals surface area contributed by atoms with E-state index in [2.05, 4.69) is 37.1 Å². The molecule has 2 rings (SSSR count). The predicted octanol–water partition coefficient (Wildman–Crippen LogP) is 3.18. The topological polar surface area (TPSA) is 101 Å². The lowest BCUT2D eigenvalue weighted by atomic mass is 10.1. The highest BCUT2D eigenvalue weighted by atomic mass is 79.9. The van der Waals surface area contributed by atoms with Crippen LogP contribution in [0.5, 0.6) is 0 Å². The summed E-state index contributed by atoms with van der Waals surface area (Å²) in [7, 11) is -2.72.